The lowest BCUT2D eigenvalue weighted by atomic mass is 10.2. The highest BCUT2D eigenvalue weighted by molar-refractivity contribution is 5.93. The van der Waals surface area contributed by atoms with Gasteiger partial charge < -0.3 is 18.9 Å². The van der Waals surface area contributed by atoms with Crippen LogP contribution in [0.2, 0.25) is 0 Å². The molecule has 0 atom stereocenters. The minimum Gasteiger partial charge on any atom is -0.442 e. The standard InChI is InChI=1S/C11H6F12O4.C10H4F12O4/c1-3(5(25)27-7(10(18,19)20)11(21,22)23)2-4(24)26-6(8(12,13)14)9(15,16)17;11-7(12,13)5(8(14,15)16)25-3(23)1-2-4(24)26-6(9(17,18)19)10(20,21)22/h6-7H,1-2H2;1-2,5-6H/b;2-1-. The SMILES string of the molecule is C=C(CC(=O)OC(C(F)(F)F)C(F)(F)F)C(=O)OC(C(F)(F)F)C(F)(F)F.O=C(/C=C\C(=O)OC(C(F)(F)F)C(F)(F)F)OC(C(F)(F)F)C(F)(F)F. The van der Waals surface area contributed by atoms with Gasteiger partial charge >= 0.3 is 73.3 Å². The fourth-order valence-electron chi connectivity index (χ4n) is 2.33. The van der Waals surface area contributed by atoms with Gasteiger partial charge in [-0.05, 0) is 0 Å². The highest BCUT2D eigenvalue weighted by Gasteiger charge is 2.62. The summed E-state index contributed by atoms with van der Waals surface area (Å²) in [5.74, 6) is -10.1. The van der Waals surface area contributed by atoms with Gasteiger partial charge in [0.25, 0.3) is 24.4 Å². The molecule has 53 heavy (non-hydrogen) atoms. The van der Waals surface area contributed by atoms with E-state index in [1.54, 1.807) is 0 Å². The number of esters is 4. The molecule has 32 heteroatoms. The van der Waals surface area contributed by atoms with Crippen molar-refractivity contribution in [2.75, 3.05) is 0 Å². The second-order valence-electron chi connectivity index (χ2n) is 8.74. The third-order valence-corrected chi connectivity index (χ3v) is 4.32. The molecule has 0 aliphatic heterocycles. The fourth-order valence-corrected chi connectivity index (χ4v) is 2.33. The third-order valence-electron chi connectivity index (χ3n) is 4.32. The van der Waals surface area contributed by atoms with Crippen molar-refractivity contribution in [3.63, 3.8) is 0 Å². The van der Waals surface area contributed by atoms with Crippen molar-refractivity contribution in [1.82, 2.24) is 0 Å². The number of hydrogen-bond acceptors (Lipinski definition) is 8. The Morgan fingerprint density at radius 3 is 0.830 bits per heavy atom. The number of alkyl halides is 24. The average molecular weight is 846 g/mol. The van der Waals surface area contributed by atoms with Crippen LogP contribution in [-0.4, -0.2) is 97.7 Å². The number of carbonyl (C=O) groups is 4. The zero-order valence-electron chi connectivity index (χ0n) is 23.7. The number of halogens is 24. The number of ether oxygens (including phenoxy) is 4. The van der Waals surface area contributed by atoms with E-state index in [0.29, 0.717) is 0 Å². The average Bonchev–Trinajstić information content (AvgIpc) is 2.85. The van der Waals surface area contributed by atoms with Crippen LogP contribution >= 0.6 is 0 Å². The van der Waals surface area contributed by atoms with Gasteiger partial charge in [-0.3, -0.25) is 4.79 Å². The Hall–Kier alpha value is -4.32. The van der Waals surface area contributed by atoms with Crippen molar-refractivity contribution in [3.8, 4) is 0 Å². The molecule has 0 aromatic heterocycles. The quantitative estimate of drug-likeness (QED) is 0.101. The minimum atomic E-state index is -6.15. The molecule has 8 nitrogen and oxygen atoms in total. The number of rotatable bonds is 9. The summed E-state index contributed by atoms with van der Waals surface area (Å²) < 4.78 is 302. The van der Waals surface area contributed by atoms with Crippen LogP contribution in [0.25, 0.3) is 0 Å². The summed E-state index contributed by atoms with van der Waals surface area (Å²) in [6, 6.07) is 0. The van der Waals surface area contributed by atoms with Gasteiger partial charge in [-0.1, -0.05) is 6.58 Å². The Labute approximate surface area is 273 Å². The van der Waals surface area contributed by atoms with E-state index in [4.69, 9.17) is 0 Å². The lowest BCUT2D eigenvalue weighted by Crippen LogP contribution is -2.46. The van der Waals surface area contributed by atoms with Crippen molar-refractivity contribution in [2.24, 2.45) is 0 Å². The van der Waals surface area contributed by atoms with E-state index in [0.717, 1.165) is 0 Å². The van der Waals surface area contributed by atoms with E-state index in [9.17, 15) is 125 Å². The molecule has 0 aromatic rings. The zero-order chi connectivity index (χ0) is 43.1. The lowest BCUT2D eigenvalue weighted by Gasteiger charge is -2.24. The number of hydrogen-bond donors (Lipinski definition) is 0. The summed E-state index contributed by atoms with van der Waals surface area (Å²) in [7, 11) is 0. The molecule has 0 N–H and O–H groups in total. The molecular weight excluding hydrogens is 836 g/mol. The van der Waals surface area contributed by atoms with E-state index in [-0.39, 0.29) is 0 Å². The van der Waals surface area contributed by atoms with Crippen molar-refractivity contribution < 1.29 is 143 Å². The van der Waals surface area contributed by atoms with Gasteiger partial charge in [0.15, 0.2) is 0 Å². The maximum atomic E-state index is 12.2. The summed E-state index contributed by atoms with van der Waals surface area (Å²) in [6.07, 6.45) is -70.7. The van der Waals surface area contributed by atoms with Crippen LogP contribution in [0.1, 0.15) is 6.42 Å². The summed E-state index contributed by atoms with van der Waals surface area (Å²) >= 11 is 0. The van der Waals surface area contributed by atoms with Gasteiger partial charge in [0.1, 0.15) is 0 Å². The summed E-state index contributed by atoms with van der Waals surface area (Å²) in [5.41, 5.74) is -1.61. The summed E-state index contributed by atoms with van der Waals surface area (Å²) in [6.45, 7) is 2.47. The van der Waals surface area contributed by atoms with E-state index < -0.39 is 122 Å². The van der Waals surface area contributed by atoms with Crippen LogP contribution in [0.4, 0.5) is 105 Å². The van der Waals surface area contributed by atoms with Gasteiger partial charge in [0, 0.05) is 17.7 Å². The third kappa shape index (κ3) is 18.8. The maximum Gasteiger partial charge on any atom is 0.434 e. The second kappa shape index (κ2) is 17.2. The molecule has 0 aromatic carbocycles. The van der Waals surface area contributed by atoms with Crippen LogP contribution in [0, 0.1) is 0 Å². The molecule has 0 saturated carbocycles. The molecule has 0 aliphatic carbocycles. The first-order chi connectivity index (χ1) is 22.9. The Morgan fingerprint density at radius 1 is 0.396 bits per heavy atom. The number of carbonyl (C=O) groups excluding carboxylic acids is 4. The first-order valence-corrected chi connectivity index (χ1v) is 11.6. The summed E-state index contributed by atoms with van der Waals surface area (Å²) in [5, 5.41) is 0. The molecule has 310 valence electrons. The monoisotopic (exact) mass is 846 g/mol. The molecule has 0 fully saturated rings. The van der Waals surface area contributed by atoms with Crippen LogP contribution in [0.15, 0.2) is 24.3 Å². The Morgan fingerprint density at radius 2 is 0.604 bits per heavy atom. The maximum absolute atomic E-state index is 12.2. The predicted octanol–water partition coefficient (Wildman–Crippen LogP) is 7.62. The highest BCUT2D eigenvalue weighted by Crippen LogP contribution is 2.39. The van der Waals surface area contributed by atoms with Crippen LogP contribution < -0.4 is 0 Å². The van der Waals surface area contributed by atoms with E-state index in [2.05, 4.69) is 25.5 Å². The second-order valence-corrected chi connectivity index (χ2v) is 8.74. The predicted molar refractivity (Wildman–Crippen MR) is 111 cm³/mol. The Balaban J connectivity index is 0. The highest BCUT2D eigenvalue weighted by atomic mass is 19.4. The van der Waals surface area contributed by atoms with Crippen molar-refractivity contribution in [2.45, 2.75) is 80.2 Å². The van der Waals surface area contributed by atoms with Crippen LogP contribution in [0.3, 0.4) is 0 Å². The Kier molecular flexibility index (Phi) is 16.5. The molecule has 0 bridgehead atoms. The van der Waals surface area contributed by atoms with Gasteiger partial charge in [-0.2, -0.15) is 105 Å². The van der Waals surface area contributed by atoms with Gasteiger partial charge in [-0.25, -0.2) is 14.4 Å². The smallest absolute Gasteiger partial charge is 0.434 e. The van der Waals surface area contributed by atoms with E-state index in [1.807, 2.05) is 0 Å². The fraction of sp³-hybridized carbons (Fsp3) is 0.619. The van der Waals surface area contributed by atoms with Gasteiger partial charge in [0.05, 0.1) is 6.42 Å². The van der Waals surface area contributed by atoms with E-state index in [1.165, 1.54) is 0 Å². The molecule has 0 amide bonds. The Bertz CT molecular complexity index is 1200. The molecule has 0 aliphatic rings. The van der Waals surface area contributed by atoms with E-state index >= 15 is 0 Å². The normalized spacial score (nSPS) is 14.0. The topological polar surface area (TPSA) is 105 Å². The van der Waals surface area contributed by atoms with Crippen molar-refractivity contribution in [3.05, 3.63) is 24.3 Å². The van der Waals surface area contributed by atoms with Crippen molar-refractivity contribution in [1.29, 1.82) is 0 Å². The molecule has 0 spiro atoms. The molecule has 0 unspecified atom stereocenters. The molecule has 0 saturated heterocycles. The van der Waals surface area contributed by atoms with Crippen LogP contribution in [-0.2, 0) is 38.1 Å². The molecule has 0 rings (SSSR count). The first kappa shape index (κ1) is 50.8. The summed E-state index contributed by atoms with van der Waals surface area (Å²) in [4.78, 5) is 43.6. The van der Waals surface area contributed by atoms with Gasteiger partial charge in [0.2, 0.25) is 0 Å². The van der Waals surface area contributed by atoms with Crippen molar-refractivity contribution >= 4 is 23.9 Å². The first-order valence-electron chi connectivity index (χ1n) is 11.6. The lowest BCUT2D eigenvalue weighted by molar-refractivity contribution is -0.314. The largest absolute Gasteiger partial charge is 0.442 e. The molecule has 0 heterocycles. The van der Waals surface area contributed by atoms with Gasteiger partial charge in [-0.15, -0.1) is 0 Å². The van der Waals surface area contributed by atoms with Crippen LogP contribution in [0.5, 0.6) is 0 Å². The zero-order valence-corrected chi connectivity index (χ0v) is 23.7. The molecule has 0 radical (unpaired) electrons. The molecular formula is C21H10F24O8. The minimum absolute atomic E-state index is 0.573.